The number of anilines is 1. The molecule has 0 aromatic heterocycles. The number of nitrogens with one attached hydrogen (secondary N) is 1. The molecule has 1 atom stereocenters. The largest absolute Gasteiger partial charge is 0.496 e. The Balaban J connectivity index is 2.28. The first kappa shape index (κ1) is 17.9. The first-order chi connectivity index (χ1) is 11.5. The minimum absolute atomic E-state index is 0.00391. The molecule has 0 amide bonds. The number of hydrogen-bond acceptors (Lipinski definition) is 4. The lowest BCUT2D eigenvalue weighted by atomic mass is 10.0. The molecule has 0 spiro atoms. The first-order valence-corrected chi connectivity index (χ1v) is 7.78. The number of likely N-dealkylation sites (N-methyl/N-ethyl adjacent to an activating group) is 1. The minimum atomic E-state index is -0.508. The van der Waals surface area contributed by atoms with Crippen molar-refractivity contribution in [2.45, 2.75) is 13.0 Å². The van der Waals surface area contributed by atoms with Crippen LogP contribution >= 0.6 is 0 Å². The summed E-state index contributed by atoms with van der Waals surface area (Å²) < 4.78 is 19.4. The predicted molar refractivity (Wildman–Crippen MR) is 94.3 cm³/mol. The summed E-state index contributed by atoms with van der Waals surface area (Å²) in [5, 5.41) is 3.21. The van der Waals surface area contributed by atoms with Crippen LogP contribution in [-0.2, 0) is 0 Å². The average Bonchev–Trinajstić information content (AvgIpc) is 2.54. The van der Waals surface area contributed by atoms with Crippen LogP contribution in [0, 0.1) is 5.82 Å². The van der Waals surface area contributed by atoms with E-state index < -0.39 is 5.82 Å². The number of methoxy groups -OCH3 is 1. The second-order valence-corrected chi connectivity index (χ2v) is 5.82. The molecule has 24 heavy (non-hydrogen) atoms. The maximum atomic E-state index is 13.9. The van der Waals surface area contributed by atoms with Crippen molar-refractivity contribution in [1.29, 1.82) is 0 Å². The van der Waals surface area contributed by atoms with Crippen molar-refractivity contribution < 1.29 is 13.9 Å². The van der Waals surface area contributed by atoms with Crippen molar-refractivity contribution in [1.82, 2.24) is 4.90 Å². The maximum absolute atomic E-state index is 13.9. The van der Waals surface area contributed by atoms with Gasteiger partial charge in [0.15, 0.2) is 5.78 Å². The van der Waals surface area contributed by atoms with Gasteiger partial charge in [0.1, 0.15) is 11.6 Å². The molecule has 128 valence electrons. The molecular weight excluding hydrogens is 307 g/mol. The van der Waals surface area contributed by atoms with E-state index in [1.807, 2.05) is 38.4 Å². The summed E-state index contributed by atoms with van der Waals surface area (Å²) in [6.45, 7) is 1.88. The van der Waals surface area contributed by atoms with E-state index in [0.717, 1.165) is 11.3 Å². The summed E-state index contributed by atoms with van der Waals surface area (Å²) in [4.78, 5) is 13.8. The molecule has 0 bridgehead atoms. The van der Waals surface area contributed by atoms with Gasteiger partial charge in [-0.05, 0) is 39.2 Å². The van der Waals surface area contributed by atoms with E-state index in [1.54, 1.807) is 19.2 Å². The van der Waals surface area contributed by atoms with Crippen LogP contribution in [0.1, 0.15) is 28.9 Å². The average molecular weight is 330 g/mol. The van der Waals surface area contributed by atoms with Crippen molar-refractivity contribution in [2.75, 3.05) is 33.1 Å². The lowest BCUT2D eigenvalue weighted by molar-refractivity contribution is 0.101. The molecule has 0 aliphatic carbocycles. The summed E-state index contributed by atoms with van der Waals surface area (Å²) in [5.41, 5.74) is 1.62. The molecule has 1 unspecified atom stereocenters. The molecule has 0 heterocycles. The van der Waals surface area contributed by atoms with Crippen LogP contribution in [0.15, 0.2) is 42.5 Å². The number of carbonyl (C=O) groups excluding carboxylic acids is 1. The number of rotatable bonds is 7. The third-order valence-corrected chi connectivity index (χ3v) is 3.97. The zero-order valence-electron chi connectivity index (χ0n) is 14.5. The van der Waals surface area contributed by atoms with E-state index >= 15 is 0 Å². The molecule has 2 aromatic rings. The molecule has 1 N–H and O–H groups in total. The minimum Gasteiger partial charge on any atom is -0.496 e. The van der Waals surface area contributed by atoms with Gasteiger partial charge in [-0.1, -0.05) is 24.3 Å². The fourth-order valence-electron chi connectivity index (χ4n) is 2.75. The van der Waals surface area contributed by atoms with Crippen LogP contribution in [0.4, 0.5) is 10.1 Å². The molecule has 0 saturated carbocycles. The lowest BCUT2D eigenvalue weighted by Crippen LogP contribution is -2.27. The number of ketones is 1. The van der Waals surface area contributed by atoms with Gasteiger partial charge in [-0.2, -0.15) is 0 Å². The van der Waals surface area contributed by atoms with E-state index in [4.69, 9.17) is 4.74 Å². The Bertz CT molecular complexity index is 716. The van der Waals surface area contributed by atoms with Crippen molar-refractivity contribution in [3.63, 3.8) is 0 Å². The fourth-order valence-corrected chi connectivity index (χ4v) is 2.75. The summed E-state index contributed by atoms with van der Waals surface area (Å²) in [5.74, 6) is -0.00970. The Morgan fingerprint density at radius 3 is 2.54 bits per heavy atom. The second kappa shape index (κ2) is 7.93. The predicted octanol–water partition coefficient (Wildman–Crippen LogP) is 3.75. The van der Waals surface area contributed by atoms with E-state index in [9.17, 15) is 9.18 Å². The van der Waals surface area contributed by atoms with Gasteiger partial charge in [0.25, 0.3) is 0 Å². The highest BCUT2D eigenvalue weighted by atomic mass is 19.1. The topological polar surface area (TPSA) is 41.6 Å². The number of benzene rings is 2. The normalized spacial score (nSPS) is 12.1. The zero-order chi connectivity index (χ0) is 17.7. The van der Waals surface area contributed by atoms with Crippen molar-refractivity contribution >= 4 is 11.5 Å². The Hall–Kier alpha value is -2.40. The lowest BCUT2D eigenvalue weighted by Gasteiger charge is -2.27. The monoisotopic (exact) mass is 330 g/mol. The van der Waals surface area contributed by atoms with Gasteiger partial charge in [0, 0.05) is 17.8 Å². The van der Waals surface area contributed by atoms with E-state index in [1.165, 1.54) is 13.0 Å². The van der Waals surface area contributed by atoms with Crippen LogP contribution in [-0.4, -0.2) is 38.4 Å². The van der Waals surface area contributed by atoms with Crippen LogP contribution in [0.5, 0.6) is 5.75 Å². The van der Waals surface area contributed by atoms with Gasteiger partial charge >= 0.3 is 0 Å². The number of hydrogen-bond donors (Lipinski definition) is 1. The van der Waals surface area contributed by atoms with Crippen LogP contribution in [0.3, 0.4) is 0 Å². The van der Waals surface area contributed by atoms with Gasteiger partial charge < -0.3 is 15.0 Å². The van der Waals surface area contributed by atoms with Gasteiger partial charge in [-0.3, -0.25) is 4.79 Å². The second-order valence-electron chi connectivity index (χ2n) is 5.82. The smallest absolute Gasteiger partial charge is 0.164 e. The standard InChI is InChI=1S/C19H23FN2O2/c1-13(23)19-15(20)9-7-10-16(19)21-12-17(22(2)3)14-8-5-6-11-18(14)24-4/h5-11,17,21H,12H2,1-4H3. The molecule has 2 aromatic carbocycles. The van der Waals surface area contributed by atoms with Crippen LogP contribution < -0.4 is 10.1 Å². The van der Waals surface area contributed by atoms with Gasteiger partial charge in [0.2, 0.25) is 0 Å². The number of para-hydroxylation sites is 1. The van der Waals surface area contributed by atoms with Crippen molar-refractivity contribution in [3.05, 3.63) is 59.4 Å². The summed E-state index contributed by atoms with van der Waals surface area (Å²) in [7, 11) is 5.58. The Kier molecular flexibility index (Phi) is 5.93. The number of Topliss-reactive ketones (excluding diaryl/α,β-unsaturated/α-hetero) is 1. The molecular formula is C19H23FN2O2. The third kappa shape index (κ3) is 3.92. The van der Waals surface area contributed by atoms with Gasteiger partial charge in [-0.15, -0.1) is 0 Å². The SMILES string of the molecule is COc1ccccc1C(CNc1cccc(F)c1C(C)=O)N(C)C. The molecule has 0 radical (unpaired) electrons. The van der Waals surface area contributed by atoms with Crippen molar-refractivity contribution in [2.24, 2.45) is 0 Å². The maximum Gasteiger partial charge on any atom is 0.164 e. The van der Waals surface area contributed by atoms with Crippen LogP contribution in [0.2, 0.25) is 0 Å². The summed E-state index contributed by atoms with van der Waals surface area (Å²) in [6, 6.07) is 12.4. The highest BCUT2D eigenvalue weighted by molar-refractivity contribution is 5.99. The zero-order valence-corrected chi connectivity index (χ0v) is 14.5. The molecule has 2 rings (SSSR count). The highest BCUT2D eigenvalue weighted by Crippen LogP contribution is 2.29. The highest BCUT2D eigenvalue weighted by Gasteiger charge is 2.19. The van der Waals surface area contributed by atoms with E-state index in [2.05, 4.69) is 10.2 Å². The van der Waals surface area contributed by atoms with E-state index in [0.29, 0.717) is 12.2 Å². The van der Waals surface area contributed by atoms with Gasteiger partial charge in [-0.25, -0.2) is 4.39 Å². The first-order valence-electron chi connectivity index (χ1n) is 7.78. The third-order valence-electron chi connectivity index (χ3n) is 3.97. The summed E-state index contributed by atoms with van der Waals surface area (Å²) in [6.07, 6.45) is 0. The quantitative estimate of drug-likeness (QED) is 0.785. The van der Waals surface area contributed by atoms with Crippen LogP contribution in [0.25, 0.3) is 0 Å². The molecule has 0 aliphatic heterocycles. The molecule has 5 heteroatoms. The van der Waals surface area contributed by atoms with Crippen molar-refractivity contribution in [3.8, 4) is 5.75 Å². The number of nitrogens with zero attached hydrogens (tertiary/aromatic N) is 1. The molecule has 0 saturated heterocycles. The summed E-state index contributed by atoms with van der Waals surface area (Å²) >= 11 is 0. The Labute approximate surface area is 142 Å². The van der Waals surface area contributed by atoms with E-state index in [-0.39, 0.29) is 17.4 Å². The number of carbonyl (C=O) groups is 1. The number of halogens is 1. The molecule has 4 nitrogen and oxygen atoms in total. The number of ether oxygens (including phenoxy) is 1. The Morgan fingerprint density at radius 1 is 1.21 bits per heavy atom. The fraction of sp³-hybridized carbons (Fsp3) is 0.316. The van der Waals surface area contributed by atoms with Gasteiger partial charge in [0.05, 0.1) is 18.7 Å². The molecule has 0 fully saturated rings. The Morgan fingerprint density at radius 2 is 1.92 bits per heavy atom. The molecule has 0 aliphatic rings.